The summed E-state index contributed by atoms with van der Waals surface area (Å²) in [6, 6.07) is 23.5. The van der Waals surface area contributed by atoms with Gasteiger partial charge in [-0.1, -0.05) is 49.4 Å². The Morgan fingerprint density at radius 2 is 1.59 bits per heavy atom. The fraction of sp³-hybridized carbons (Fsp3) is 0.185. The molecule has 0 fully saturated rings. The number of oxazole rings is 1. The maximum atomic E-state index is 12.9. The summed E-state index contributed by atoms with van der Waals surface area (Å²) in [5.41, 5.74) is 3.65. The zero-order chi connectivity index (χ0) is 24.1. The predicted octanol–water partition coefficient (Wildman–Crippen LogP) is 5.12. The molecule has 174 valence electrons. The SMILES string of the molecule is CCc1ccc(S(=O)(=O)Cc2nc(-c3ccc(C(=O)NCc4ccccc4)cc3)oc2C)cc1. The third-order valence-corrected chi connectivity index (χ3v) is 7.24. The average molecular weight is 475 g/mol. The van der Waals surface area contributed by atoms with E-state index in [0.717, 1.165) is 17.5 Å². The number of benzene rings is 3. The first-order valence-corrected chi connectivity index (χ1v) is 12.7. The van der Waals surface area contributed by atoms with Crippen molar-refractivity contribution in [2.24, 2.45) is 0 Å². The number of nitrogens with zero attached hydrogens (tertiary/aromatic N) is 1. The standard InChI is InChI=1S/C27H26N2O4S/c1-3-20-9-15-24(16-10-20)34(31,32)18-25-19(2)33-27(29-25)23-13-11-22(12-14-23)26(30)28-17-21-7-5-4-6-8-21/h4-16H,3,17-18H2,1-2H3,(H,28,30). The van der Waals surface area contributed by atoms with E-state index in [9.17, 15) is 13.2 Å². The Labute approximate surface area is 199 Å². The fourth-order valence-corrected chi connectivity index (χ4v) is 4.87. The molecule has 0 aliphatic rings. The summed E-state index contributed by atoms with van der Waals surface area (Å²) in [7, 11) is -3.55. The van der Waals surface area contributed by atoms with Crippen molar-refractivity contribution in [1.82, 2.24) is 10.3 Å². The van der Waals surface area contributed by atoms with Crippen LogP contribution in [0.25, 0.3) is 11.5 Å². The van der Waals surface area contributed by atoms with E-state index < -0.39 is 9.84 Å². The molecule has 1 aromatic heterocycles. The van der Waals surface area contributed by atoms with Crippen molar-refractivity contribution in [3.8, 4) is 11.5 Å². The Morgan fingerprint density at radius 3 is 2.24 bits per heavy atom. The molecule has 0 saturated heterocycles. The maximum absolute atomic E-state index is 12.9. The summed E-state index contributed by atoms with van der Waals surface area (Å²) >= 11 is 0. The largest absolute Gasteiger partial charge is 0.441 e. The van der Waals surface area contributed by atoms with Crippen molar-refractivity contribution < 1.29 is 17.6 Å². The van der Waals surface area contributed by atoms with Gasteiger partial charge in [0, 0.05) is 17.7 Å². The molecule has 0 unspecified atom stereocenters. The Bertz CT molecular complexity index is 1380. The molecule has 34 heavy (non-hydrogen) atoms. The van der Waals surface area contributed by atoms with Crippen LogP contribution in [0.3, 0.4) is 0 Å². The molecule has 7 heteroatoms. The van der Waals surface area contributed by atoms with E-state index in [1.807, 2.05) is 49.4 Å². The molecule has 4 rings (SSSR count). The monoisotopic (exact) mass is 474 g/mol. The molecular weight excluding hydrogens is 448 g/mol. The lowest BCUT2D eigenvalue weighted by atomic mass is 10.1. The van der Waals surface area contributed by atoms with E-state index >= 15 is 0 Å². The zero-order valence-corrected chi connectivity index (χ0v) is 19.9. The van der Waals surface area contributed by atoms with E-state index in [2.05, 4.69) is 10.3 Å². The van der Waals surface area contributed by atoms with Crippen LogP contribution in [0.5, 0.6) is 0 Å². The Kier molecular flexibility index (Phi) is 6.93. The van der Waals surface area contributed by atoms with Crippen molar-refractivity contribution in [3.63, 3.8) is 0 Å². The molecule has 0 bridgehead atoms. The minimum absolute atomic E-state index is 0.181. The number of amides is 1. The average Bonchev–Trinajstić information content (AvgIpc) is 3.22. The lowest BCUT2D eigenvalue weighted by molar-refractivity contribution is 0.0951. The van der Waals surface area contributed by atoms with Gasteiger partial charge in [-0.3, -0.25) is 4.79 Å². The number of aryl methyl sites for hydroxylation is 2. The van der Waals surface area contributed by atoms with Crippen LogP contribution in [0.1, 0.15) is 39.9 Å². The van der Waals surface area contributed by atoms with Crippen molar-refractivity contribution in [2.45, 2.75) is 37.5 Å². The molecule has 6 nitrogen and oxygen atoms in total. The van der Waals surface area contributed by atoms with E-state index in [1.165, 1.54) is 0 Å². The maximum Gasteiger partial charge on any atom is 0.251 e. The van der Waals surface area contributed by atoms with Crippen molar-refractivity contribution in [2.75, 3.05) is 0 Å². The molecule has 0 atom stereocenters. The van der Waals surface area contributed by atoms with Crippen LogP contribution >= 0.6 is 0 Å². The van der Waals surface area contributed by atoms with Gasteiger partial charge in [0.25, 0.3) is 5.91 Å². The van der Waals surface area contributed by atoms with Crippen molar-refractivity contribution >= 4 is 15.7 Å². The first-order chi connectivity index (χ1) is 16.4. The number of sulfone groups is 1. The molecule has 0 aliphatic heterocycles. The van der Waals surface area contributed by atoms with E-state index in [1.54, 1.807) is 43.3 Å². The molecule has 0 aliphatic carbocycles. The van der Waals surface area contributed by atoms with Crippen LogP contribution < -0.4 is 5.32 Å². The molecule has 0 spiro atoms. The van der Waals surface area contributed by atoms with E-state index in [-0.39, 0.29) is 16.6 Å². The number of carbonyl (C=O) groups excluding carboxylic acids is 1. The molecule has 1 heterocycles. The van der Waals surface area contributed by atoms with Gasteiger partial charge in [-0.25, -0.2) is 13.4 Å². The number of hydrogen-bond donors (Lipinski definition) is 1. The van der Waals surface area contributed by atoms with Crippen LogP contribution in [0, 0.1) is 6.92 Å². The summed E-state index contributed by atoms with van der Waals surface area (Å²) in [5.74, 6) is 0.349. The Hall–Kier alpha value is -3.71. The molecule has 1 N–H and O–H groups in total. The van der Waals surface area contributed by atoms with Gasteiger partial charge < -0.3 is 9.73 Å². The highest BCUT2D eigenvalue weighted by molar-refractivity contribution is 7.90. The number of rotatable bonds is 8. The second-order valence-corrected chi connectivity index (χ2v) is 10.0. The van der Waals surface area contributed by atoms with Crippen LogP contribution in [0.4, 0.5) is 0 Å². The normalized spacial score (nSPS) is 11.4. The van der Waals surface area contributed by atoms with Gasteiger partial charge in [-0.2, -0.15) is 0 Å². The van der Waals surface area contributed by atoms with Gasteiger partial charge in [-0.05, 0) is 60.9 Å². The van der Waals surface area contributed by atoms with Gasteiger partial charge in [0.15, 0.2) is 9.84 Å². The second-order valence-electron chi connectivity index (χ2n) is 8.02. The summed E-state index contributed by atoms with van der Waals surface area (Å²) in [5, 5.41) is 2.89. The Morgan fingerprint density at radius 1 is 0.912 bits per heavy atom. The summed E-state index contributed by atoms with van der Waals surface area (Å²) in [4.78, 5) is 17.1. The molecule has 3 aromatic carbocycles. The summed E-state index contributed by atoms with van der Waals surface area (Å²) in [6.07, 6.45) is 0.847. The first-order valence-electron chi connectivity index (χ1n) is 11.1. The first kappa shape index (κ1) is 23.4. The quantitative estimate of drug-likeness (QED) is 0.383. The van der Waals surface area contributed by atoms with Crippen LogP contribution in [-0.4, -0.2) is 19.3 Å². The smallest absolute Gasteiger partial charge is 0.251 e. The molecule has 0 radical (unpaired) electrons. The van der Waals surface area contributed by atoms with Crippen LogP contribution in [0.15, 0.2) is 88.2 Å². The summed E-state index contributed by atoms with van der Waals surface area (Å²) in [6.45, 7) is 4.17. The van der Waals surface area contributed by atoms with Crippen LogP contribution in [-0.2, 0) is 28.6 Å². The van der Waals surface area contributed by atoms with Crippen molar-refractivity contribution in [3.05, 3.63) is 107 Å². The predicted molar refractivity (Wildman–Crippen MR) is 131 cm³/mol. The number of nitrogens with one attached hydrogen (secondary N) is 1. The fourth-order valence-electron chi connectivity index (χ4n) is 3.53. The molecule has 1 amide bonds. The van der Waals surface area contributed by atoms with Gasteiger partial charge >= 0.3 is 0 Å². The highest BCUT2D eigenvalue weighted by Crippen LogP contribution is 2.25. The Balaban J connectivity index is 1.45. The van der Waals surface area contributed by atoms with Gasteiger partial charge in [0.1, 0.15) is 11.5 Å². The third kappa shape index (κ3) is 5.43. The molecular formula is C27H26N2O4S. The number of hydrogen-bond acceptors (Lipinski definition) is 5. The van der Waals surface area contributed by atoms with E-state index in [0.29, 0.717) is 35.0 Å². The van der Waals surface area contributed by atoms with Crippen LogP contribution in [0.2, 0.25) is 0 Å². The van der Waals surface area contributed by atoms with E-state index in [4.69, 9.17) is 4.42 Å². The van der Waals surface area contributed by atoms with Gasteiger partial charge in [-0.15, -0.1) is 0 Å². The third-order valence-electron chi connectivity index (χ3n) is 5.60. The number of carbonyl (C=O) groups is 1. The minimum atomic E-state index is -3.55. The number of aromatic nitrogens is 1. The zero-order valence-electron chi connectivity index (χ0n) is 19.1. The minimum Gasteiger partial charge on any atom is -0.441 e. The topological polar surface area (TPSA) is 89.3 Å². The van der Waals surface area contributed by atoms with Crippen molar-refractivity contribution in [1.29, 1.82) is 0 Å². The van der Waals surface area contributed by atoms with Gasteiger partial charge in [0.2, 0.25) is 5.89 Å². The lowest BCUT2D eigenvalue weighted by Gasteiger charge is -2.06. The second kappa shape index (κ2) is 10.1. The summed E-state index contributed by atoms with van der Waals surface area (Å²) < 4.78 is 31.5. The molecule has 4 aromatic rings. The van der Waals surface area contributed by atoms with Gasteiger partial charge in [0.05, 0.1) is 10.6 Å². The lowest BCUT2D eigenvalue weighted by Crippen LogP contribution is -2.22. The molecule has 0 saturated carbocycles. The highest BCUT2D eigenvalue weighted by Gasteiger charge is 2.21. The highest BCUT2D eigenvalue weighted by atomic mass is 32.2.